The van der Waals surface area contributed by atoms with Crippen LogP contribution in [0, 0.1) is 0 Å². The summed E-state index contributed by atoms with van der Waals surface area (Å²) in [5, 5.41) is 8.37. The van der Waals surface area contributed by atoms with Crippen molar-refractivity contribution in [2.24, 2.45) is 5.73 Å². The molecule has 0 aliphatic carbocycles. The second kappa shape index (κ2) is 8.70. The highest BCUT2D eigenvalue weighted by Gasteiger charge is 2.30. The molecule has 8 heteroatoms. The number of carbonyl (C=O) groups excluding carboxylic acids is 1. The molecule has 0 radical (unpaired) electrons. The molecule has 0 unspecified atom stereocenters. The van der Waals surface area contributed by atoms with Gasteiger partial charge in [0.15, 0.2) is 5.82 Å². The second-order valence-corrected chi connectivity index (χ2v) is 9.88. The average Bonchev–Trinajstić information content (AvgIpc) is 3.45. The van der Waals surface area contributed by atoms with Crippen molar-refractivity contribution in [3.8, 4) is 17.1 Å². The molecule has 5 rings (SSSR count). The van der Waals surface area contributed by atoms with Crippen LogP contribution in [-0.2, 0) is 23.3 Å². The summed E-state index contributed by atoms with van der Waals surface area (Å²) >= 11 is 0. The van der Waals surface area contributed by atoms with E-state index < -0.39 is 5.54 Å². The lowest BCUT2D eigenvalue weighted by molar-refractivity contribution is -0.117. The van der Waals surface area contributed by atoms with Crippen LogP contribution in [0.2, 0.25) is 0 Å². The monoisotopic (exact) mass is 467 g/mol. The molecule has 0 bridgehead atoms. The Morgan fingerprint density at radius 1 is 1.09 bits per heavy atom. The highest BCUT2D eigenvalue weighted by molar-refractivity contribution is 6.00. The van der Waals surface area contributed by atoms with E-state index in [1.165, 1.54) is 5.56 Å². The number of aromatic nitrogens is 5. The third-order valence-electron chi connectivity index (χ3n) is 6.26. The Bertz CT molecular complexity index is 1380. The van der Waals surface area contributed by atoms with Crippen molar-refractivity contribution in [1.29, 1.82) is 0 Å². The molecule has 0 atom stereocenters. The summed E-state index contributed by atoms with van der Waals surface area (Å²) in [5.41, 5.74) is 11.2. The van der Waals surface area contributed by atoms with E-state index in [-0.39, 0.29) is 5.91 Å². The molecule has 0 saturated heterocycles. The minimum Gasteiger partial charge on any atom is -0.320 e. The molecule has 2 N–H and O–H groups in total. The van der Waals surface area contributed by atoms with Crippen LogP contribution in [0.4, 0.5) is 5.82 Å². The summed E-state index contributed by atoms with van der Waals surface area (Å²) in [6, 6.07) is 16.1. The summed E-state index contributed by atoms with van der Waals surface area (Å²) in [6.07, 6.45) is 3.94. The second-order valence-electron chi connectivity index (χ2n) is 9.88. The van der Waals surface area contributed by atoms with E-state index in [2.05, 4.69) is 35.2 Å². The average molecular weight is 468 g/mol. The number of rotatable bonds is 6. The fraction of sp³-hybridized carbons (Fsp3) is 0.296. The van der Waals surface area contributed by atoms with Crippen molar-refractivity contribution in [3.05, 3.63) is 83.3 Å². The fourth-order valence-corrected chi connectivity index (χ4v) is 4.25. The van der Waals surface area contributed by atoms with Crippen LogP contribution in [0.3, 0.4) is 0 Å². The van der Waals surface area contributed by atoms with Gasteiger partial charge < -0.3 is 5.73 Å². The van der Waals surface area contributed by atoms with Crippen molar-refractivity contribution in [2.45, 2.75) is 52.1 Å². The summed E-state index contributed by atoms with van der Waals surface area (Å²) in [6.45, 7) is 8.54. The highest BCUT2D eigenvalue weighted by Crippen LogP contribution is 2.32. The number of carbonyl (C=O) groups is 1. The number of hydrogen-bond acceptors (Lipinski definition) is 6. The molecule has 3 heterocycles. The molecule has 2 aromatic carbocycles. The molecule has 1 aliphatic rings. The van der Waals surface area contributed by atoms with Gasteiger partial charge in [0.1, 0.15) is 11.5 Å². The first-order valence-corrected chi connectivity index (χ1v) is 11.8. The van der Waals surface area contributed by atoms with Gasteiger partial charge in [-0.3, -0.25) is 9.69 Å². The Balaban J connectivity index is 1.40. The van der Waals surface area contributed by atoms with E-state index in [1.807, 2.05) is 62.5 Å². The lowest BCUT2D eigenvalue weighted by atomic mass is 9.97. The van der Waals surface area contributed by atoms with Crippen LogP contribution in [0.5, 0.6) is 0 Å². The van der Waals surface area contributed by atoms with Crippen LogP contribution >= 0.6 is 0 Å². The first-order valence-electron chi connectivity index (χ1n) is 11.8. The van der Waals surface area contributed by atoms with Crippen molar-refractivity contribution in [2.75, 3.05) is 4.90 Å². The molecule has 0 saturated carbocycles. The predicted octanol–water partition coefficient (Wildman–Crippen LogP) is 4.13. The van der Waals surface area contributed by atoms with Crippen LogP contribution < -0.4 is 10.6 Å². The van der Waals surface area contributed by atoms with Gasteiger partial charge in [-0.15, -0.1) is 5.10 Å². The van der Waals surface area contributed by atoms with Gasteiger partial charge in [-0.2, -0.15) is 0 Å². The Morgan fingerprint density at radius 2 is 1.83 bits per heavy atom. The maximum Gasteiger partial charge on any atom is 0.233 e. The van der Waals surface area contributed by atoms with Gasteiger partial charge in [0, 0.05) is 17.3 Å². The van der Waals surface area contributed by atoms with Crippen LogP contribution in [0.15, 0.2) is 60.9 Å². The van der Waals surface area contributed by atoms with Crippen LogP contribution in [0.1, 0.15) is 56.0 Å². The molecular weight excluding hydrogens is 438 g/mol. The summed E-state index contributed by atoms with van der Waals surface area (Å²) in [7, 11) is 0. The number of benzene rings is 2. The third-order valence-corrected chi connectivity index (χ3v) is 6.26. The van der Waals surface area contributed by atoms with Gasteiger partial charge >= 0.3 is 0 Å². The number of fused-ring (bicyclic) bond motifs is 1. The van der Waals surface area contributed by atoms with Crippen LogP contribution in [0.25, 0.3) is 17.1 Å². The van der Waals surface area contributed by atoms with Gasteiger partial charge in [-0.1, -0.05) is 55.5 Å². The molecule has 1 amide bonds. The fourth-order valence-electron chi connectivity index (χ4n) is 4.25. The zero-order chi connectivity index (χ0) is 24.7. The molecule has 35 heavy (non-hydrogen) atoms. The highest BCUT2D eigenvalue weighted by atomic mass is 16.2. The molecular formula is C27H29N7O. The van der Waals surface area contributed by atoms with Gasteiger partial charge in [0.2, 0.25) is 5.91 Å². The number of nitrogens with two attached hydrogens (primary N) is 1. The largest absolute Gasteiger partial charge is 0.320 e. The smallest absolute Gasteiger partial charge is 0.233 e. The SMILES string of the molecule is CC(C)c1ccccc1-c1ncc2c(n1)N(Cc1ccc(-n3cc(C(C)(C)N)nn3)cc1)C(=O)C2. The van der Waals surface area contributed by atoms with Gasteiger partial charge in [-0.25, -0.2) is 14.6 Å². The Morgan fingerprint density at radius 3 is 2.51 bits per heavy atom. The number of hydrogen-bond donors (Lipinski definition) is 1. The first-order chi connectivity index (χ1) is 16.7. The third kappa shape index (κ3) is 4.44. The van der Waals surface area contributed by atoms with Crippen LogP contribution in [-0.4, -0.2) is 30.9 Å². The molecule has 4 aromatic rings. The lowest BCUT2D eigenvalue weighted by Gasteiger charge is -2.18. The zero-order valence-electron chi connectivity index (χ0n) is 20.4. The standard InChI is InChI=1S/C27H29N7O/c1-17(2)21-7-5-6-8-22(21)25-29-14-19-13-24(35)33(26(19)30-25)15-18-9-11-20(12-10-18)34-16-23(31-32-34)27(3,4)28/h5-12,14,16-17H,13,15,28H2,1-4H3. The molecule has 0 fully saturated rings. The normalized spacial score (nSPS) is 13.5. The molecule has 1 aliphatic heterocycles. The predicted molar refractivity (Wildman–Crippen MR) is 135 cm³/mol. The quantitative estimate of drug-likeness (QED) is 0.457. The van der Waals surface area contributed by atoms with E-state index in [1.54, 1.807) is 15.8 Å². The maximum absolute atomic E-state index is 12.9. The summed E-state index contributed by atoms with van der Waals surface area (Å²) in [5.74, 6) is 1.71. The topological polar surface area (TPSA) is 103 Å². The zero-order valence-corrected chi connectivity index (χ0v) is 20.4. The van der Waals surface area contributed by atoms with E-state index >= 15 is 0 Å². The summed E-state index contributed by atoms with van der Waals surface area (Å²) < 4.78 is 1.70. The minimum absolute atomic E-state index is 0.0266. The molecule has 178 valence electrons. The molecule has 2 aromatic heterocycles. The van der Waals surface area contributed by atoms with Crippen molar-refractivity contribution >= 4 is 11.7 Å². The Labute approximate surface area is 204 Å². The Hall–Kier alpha value is -3.91. The number of nitrogens with zero attached hydrogens (tertiary/aromatic N) is 6. The van der Waals surface area contributed by atoms with Gasteiger partial charge in [0.25, 0.3) is 0 Å². The van der Waals surface area contributed by atoms with E-state index in [0.717, 1.165) is 28.1 Å². The Kier molecular flexibility index (Phi) is 5.68. The van der Waals surface area contributed by atoms with Gasteiger partial charge in [0.05, 0.1) is 30.4 Å². The number of anilines is 1. The first kappa shape index (κ1) is 22.9. The van der Waals surface area contributed by atoms with Gasteiger partial charge in [-0.05, 0) is 43.0 Å². The lowest BCUT2D eigenvalue weighted by Crippen LogP contribution is -2.29. The van der Waals surface area contributed by atoms with E-state index in [4.69, 9.17) is 10.7 Å². The number of amides is 1. The van der Waals surface area contributed by atoms with Crippen molar-refractivity contribution in [1.82, 2.24) is 25.0 Å². The van der Waals surface area contributed by atoms with E-state index in [9.17, 15) is 4.79 Å². The molecule has 8 nitrogen and oxygen atoms in total. The van der Waals surface area contributed by atoms with Crippen molar-refractivity contribution in [3.63, 3.8) is 0 Å². The van der Waals surface area contributed by atoms with Crippen molar-refractivity contribution < 1.29 is 4.79 Å². The molecule has 0 spiro atoms. The minimum atomic E-state index is -0.557. The van der Waals surface area contributed by atoms with E-state index in [0.29, 0.717) is 30.5 Å². The maximum atomic E-state index is 12.9. The summed E-state index contributed by atoms with van der Waals surface area (Å²) in [4.78, 5) is 24.1.